The van der Waals surface area contributed by atoms with E-state index in [1.165, 1.54) is 25.0 Å². The van der Waals surface area contributed by atoms with Crippen LogP contribution in [-0.2, 0) is 6.18 Å². The van der Waals surface area contributed by atoms with Crippen LogP contribution in [0.4, 0.5) is 23.7 Å². The number of halogens is 3. The maximum absolute atomic E-state index is 12.7. The number of alkyl halides is 3. The van der Waals surface area contributed by atoms with Gasteiger partial charge in [-0.1, -0.05) is 6.07 Å². The molecule has 22 heavy (non-hydrogen) atoms. The fourth-order valence-electron chi connectivity index (χ4n) is 2.71. The molecule has 1 N–H and O–H groups in total. The average Bonchev–Trinajstić information content (AvgIpc) is 3.31. The van der Waals surface area contributed by atoms with Crippen molar-refractivity contribution in [3.05, 3.63) is 29.8 Å². The second kappa shape index (κ2) is 5.79. The van der Waals surface area contributed by atoms with Crippen LogP contribution in [0.25, 0.3) is 0 Å². The van der Waals surface area contributed by atoms with E-state index in [1.54, 1.807) is 4.90 Å². The van der Waals surface area contributed by atoms with Crippen LogP contribution in [0.5, 0.6) is 0 Å². The predicted molar refractivity (Wildman–Crippen MR) is 76.6 cm³/mol. The first-order chi connectivity index (χ1) is 10.4. The number of rotatable bonds is 2. The molecule has 120 valence electrons. The van der Waals surface area contributed by atoms with E-state index in [2.05, 4.69) is 10.2 Å². The molecule has 1 aliphatic heterocycles. The number of urea groups is 1. The third-order valence-electron chi connectivity index (χ3n) is 4.11. The van der Waals surface area contributed by atoms with Gasteiger partial charge in [0.15, 0.2) is 0 Å². The number of nitrogens with one attached hydrogen (secondary N) is 1. The van der Waals surface area contributed by atoms with Gasteiger partial charge in [-0.25, -0.2) is 4.79 Å². The molecule has 1 heterocycles. The van der Waals surface area contributed by atoms with Crippen molar-refractivity contribution in [3.8, 4) is 0 Å². The first-order valence-electron chi connectivity index (χ1n) is 7.41. The number of amides is 2. The third kappa shape index (κ3) is 3.52. The van der Waals surface area contributed by atoms with E-state index in [0.717, 1.165) is 25.2 Å². The fraction of sp³-hybridized carbons (Fsp3) is 0.533. The highest BCUT2D eigenvalue weighted by atomic mass is 19.4. The van der Waals surface area contributed by atoms with Crippen molar-refractivity contribution in [2.24, 2.45) is 0 Å². The Morgan fingerprint density at radius 2 is 1.82 bits per heavy atom. The van der Waals surface area contributed by atoms with E-state index in [4.69, 9.17) is 0 Å². The number of anilines is 1. The first kappa shape index (κ1) is 15.1. The van der Waals surface area contributed by atoms with Crippen molar-refractivity contribution in [1.82, 2.24) is 9.80 Å². The molecule has 1 saturated heterocycles. The zero-order chi connectivity index (χ0) is 15.7. The lowest BCUT2D eigenvalue weighted by Crippen LogP contribution is -2.50. The molecule has 1 aromatic carbocycles. The van der Waals surface area contributed by atoms with E-state index in [1.807, 2.05) is 0 Å². The normalized spacial score (nSPS) is 20.0. The summed E-state index contributed by atoms with van der Waals surface area (Å²) in [6, 6.07) is 5.04. The van der Waals surface area contributed by atoms with Gasteiger partial charge in [0.05, 0.1) is 5.56 Å². The van der Waals surface area contributed by atoms with Gasteiger partial charge in [-0.3, -0.25) is 4.90 Å². The highest BCUT2D eigenvalue weighted by Crippen LogP contribution is 2.31. The summed E-state index contributed by atoms with van der Waals surface area (Å²) in [5, 5.41) is 2.55. The summed E-state index contributed by atoms with van der Waals surface area (Å²) in [6.45, 7) is 2.89. The molecule has 0 atom stereocenters. The summed E-state index contributed by atoms with van der Waals surface area (Å²) in [4.78, 5) is 16.2. The van der Waals surface area contributed by atoms with Crippen molar-refractivity contribution in [2.45, 2.75) is 25.1 Å². The molecule has 7 heteroatoms. The lowest BCUT2D eigenvalue weighted by Gasteiger charge is -2.34. The van der Waals surface area contributed by atoms with Crippen molar-refractivity contribution >= 4 is 11.7 Å². The number of benzene rings is 1. The number of hydrogen-bond acceptors (Lipinski definition) is 2. The van der Waals surface area contributed by atoms with Gasteiger partial charge in [-0.05, 0) is 31.0 Å². The summed E-state index contributed by atoms with van der Waals surface area (Å²) >= 11 is 0. The van der Waals surface area contributed by atoms with Crippen LogP contribution in [0, 0.1) is 0 Å². The Kier molecular flexibility index (Phi) is 3.99. The standard InChI is InChI=1S/C15H18F3N3O/c16-15(17,18)11-2-1-3-12(10-11)19-14(22)21-8-6-20(7-9-21)13-4-5-13/h1-3,10,13H,4-9H2,(H,19,22). The van der Waals surface area contributed by atoms with Gasteiger partial charge in [0.25, 0.3) is 0 Å². The Bertz CT molecular complexity index is 549. The van der Waals surface area contributed by atoms with Gasteiger partial charge in [0.2, 0.25) is 0 Å². The smallest absolute Gasteiger partial charge is 0.322 e. The molecular formula is C15H18F3N3O. The van der Waals surface area contributed by atoms with Crippen LogP contribution in [0.15, 0.2) is 24.3 Å². The molecule has 0 spiro atoms. The lowest BCUT2D eigenvalue weighted by atomic mass is 10.2. The van der Waals surface area contributed by atoms with E-state index in [0.29, 0.717) is 19.1 Å². The molecule has 0 radical (unpaired) electrons. The zero-order valence-corrected chi connectivity index (χ0v) is 12.1. The Morgan fingerprint density at radius 3 is 2.41 bits per heavy atom. The number of nitrogens with zero attached hydrogens (tertiary/aromatic N) is 2. The maximum atomic E-state index is 12.7. The molecular weight excluding hydrogens is 295 g/mol. The summed E-state index contributed by atoms with van der Waals surface area (Å²) in [5.74, 6) is 0. The van der Waals surface area contributed by atoms with Crippen molar-refractivity contribution in [3.63, 3.8) is 0 Å². The van der Waals surface area contributed by atoms with Crippen LogP contribution in [0.2, 0.25) is 0 Å². The van der Waals surface area contributed by atoms with Crippen LogP contribution in [-0.4, -0.2) is 48.1 Å². The predicted octanol–water partition coefficient (Wildman–Crippen LogP) is 3.02. The van der Waals surface area contributed by atoms with Gasteiger partial charge < -0.3 is 10.2 Å². The topological polar surface area (TPSA) is 35.6 Å². The molecule has 2 aliphatic rings. The molecule has 0 unspecified atom stereocenters. The van der Waals surface area contributed by atoms with Crippen LogP contribution >= 0.6 is 0 Å². The van der Waals surface area contributed by atoms with Crippen LogP contribution < -0.4 is 5.32 Å². The lowest BCUT2D eigenvalue weighted by molar-refractivity contribution is -0.137. The minimum absolute atomic E-state index is 0.171. The van der Waals surface area contributed by atoms with Gasteiger partial charge >= 0.3 is 12.2 Å². The number of piperazine rings is 1. The molecule has 4 nitrogen and oxygen atoms in total. The second-order valence-electron chi connectivity index (χ2n) is 5.76. The van der Waals surface area contributed by atoms with Crippen LogP contribution in [0.3, 0.4) is 0 Å². The fourth-order valence-corrected chi connectivity index (χ4v) is 2.71. The van der Waals surface area contributed by atoms with Crippen molar-refractivity contribution in [1.29, 1.82) is 0 Å². The highest BCUT2D eigenvalue weighted by Gasteiger charge is 2.33. The SMILES string of the molecule is O=C(Nc1cccc(C(F)(F)F)c1)N1CCN(C2CC2)CC1. The Hall–Kier alpha value is -1.76. The Morgan fingerprint density at radius 1 is 1.14 bits per heavy atom. The molecule has 0 bridgehead atoms. The number of carbonyl (C=O) groups excluding carboxylic acids is 1. The Labute approximate surface area is 126 Å². The van der Waals surface area contributed by atoms with E-state index in [9.17, 15) is 18.0 Å². The maximum Gasteiger partial charge on any atom is 0.416 e. The second-order valence-corrected chi connectivity index (χ2v) is 5.76. The van der Waals surface area contributed by atoms with Crippen LogP contribution in [0.1, 0.15) is 18.4 Å². The number of hydrogen-bond donors (Lipinski definition) is 1. The molecule has 2 fully saturated rings. The minimum Gasteiger partial charge on any atom is -0.322 e. The largest absolute Gasteiger partial charge is 0.416 e. The van der Waals surface area contributed by atoms with Crippen molar-refractivity contribution in [2.75, 3.05) is 31.5 Å². The molecule has 1 aliphatic carbocycles. The average molecular weight is 313 g/mol. The Balaban J connectivity index is 1.57. The summed E-state index contributed by atoms with van der Waals surface area (Å²) < 4.78 is 38.0. The van der Waals surface area contributed by atoms with Gasteiger partial charge in [-0.2, -0.15) is 13.2 Å². The van der Waals surface area contributed by atoms with Gasteiger partial charge in [0.1, 0.15) is 0 Å². The molecule has 3 rings (SSSR count). The van der Waals surface area contributed by atoms with E-state index in [-0.39, 0.29) is 11.7 Å². The monoisotopic (exact) mass is 313 g/mol. The van der Waals surface area contributed by atoms with E-state index < -0.39 is 11.7 Å². The summed E-state index contributed by atoms with van der Waals surface area (Å²) in [5.41, 5.74) is -0.590. The van der Waals surface area contributed by atoms with Crippen molar-refractivity contribution < 1.29 is 18.0 Å². The van der Waals surface area contributed by atoms with Gasteiger partial charge in [-0.15, -0.1) is 0 Å². The third-order valence-corrected chi connectivity index (χ3v) is 4.11. The first-order valence-corrected chi connectivity index (χ1v) is 7.41. The number of carbonyl (C=O) groups is 1. The molecule has 0 aromatic heterocycles. The molecule has 2 amide bonds. The summed E-state index contributed by atoms with van der Waals surface area (Å²) in [6.07, 6.45) is -1.94. The molecule has 1 aromatic rings. The van der Waals surface area contributed by atoms with E-state index >= 15 is 0 Å². The highest BCUT2D eigenvalue weighted by molar-refractivity contribution is 5.89. The molecule has 1 saturated carbocycles. The minimum atomic E-state index is -4.41. The summed E-state index contributed by atoms with van der Waals surface area (Å²) in [7, 11) is 0. The zero-order valence-electron chi connectivity index (χ0n) is 12.1. The van der Waals surface area contributed by atoms with Gasteiger partial charge in [0, 0.05) is 37.9 Å². The quantitative estimate of drug-likeness (QED) is 0.911.